The highest BCUT2D eigenvalue weighted by molar-refractivity contribution is 7.70. The minimum atomic E-state index is -5.61. The number of hydrogen-bond donors (Lipinski definition) is 24. The summed E-state index contributed by atoms with van der Waals surface area (Å²) in [7, 11) is -9.77. The van der Waals surface area contributed by atoms with Gasteiger partial charge < -0.3 is 162 Å². The largest absolute Gasteiger partial charge is 0.507 e. The van der Waals surface area contributed by atoms with Crippen LogP contribution in [0.25, 0.3) is 11.1 Å². The van der Waals surface area contributed by atoms with Gasteiger partial charge in [0.2, 0.25) is 59.3 Å². The van der Waals surface area contributed by atoms with Crippen molar-refractivity contribution < 1.29 is 156 Å². The molecule has 25 N–H and O–H groups in total. The van der Waals surface area contributed by atoms with Crippen LogP contribution < -0.4 is 67.8 Å². The maximum Gasteiger partial charge on any atom is 0.340 e. The van der Waals surface area contributed by atoms with Gasteiger partial charge in [-0.15, -0.1) is 0 Å². The average Bonchev–Trinajstić information content (AvgIpc) is 0.754. The number of unbranched alkanes of at least 4 members (excludes halogenated alkanes) is 7. The summed E-state index contributed by atoms with van der Waals surface area (Å²) in [5.74, 6) is -18.6. The smallest absolute Gasteiger partial charge is 0.340 e. The monoisotopic (exact) mass is 1930 g/mol. The molecule has 7 heterocycles. The predicted octanol–water partition coefficient (Wildman–Crippen LogP) is 2.46. The molecule has 0 spiro atoms. The minimum absolute atomic E-state index is 0.00613. The summed E-state index contributed by atoms with van der Waals surface area (Å²) in [4.78, 5) is 188. The van der Waals surface area contributed by atoms with Crippen LogP contribution in [-0.2, 0) is 77.8 Å². The Hall–Kier alpha value is -9.80. The predicted molar refractivity (Wildman–Crippen MR) is 467 cm³/mol. The SMILES string of the molecule is CCCCCCCCCCNCCN(C(=O)CCC(P(=O)(O)O)P(=O)(O)O)[C@]1(C)CC(OC2C(Oc3c4cc5cc3Oc3ccc(cc3Cl)[C@H](O)C(NC(=O)C(CC(C)C)NC)C(=O)NC(CC(N)=O)C(=O)NC5C(=O)NC3C(=O)NC(C(=O)N[C@@H](C(=O)O)c5cc(O)c(CNCC=O)c(O)c5-c5cc3ccc5O)[C@H](O)c3ccc(c(Cl)c3)O4)OC(CO)C(O)C2O)OC(C)C1O. The Balaban J connectivity index is 1.19. The van der Waals surface area contributed by atoms with E-state index in [1.807, 2.05) is 0 Å². The van der Waals surface area contributed by atoms with E-state index in [4.69, 9.17) is 57.4 Å². The summed E-state index contributed by atoms with van der Waals surface area (Å²) in [6.07, 6.45) is -15.4. The number of aliphatic carboxylic acids is 1. The van der Waals surface area contributed by atoms with Gasteiger partial charge in [0.25, 0.3) is 0 Å². The highest BCUT2D eigenvalue weighted by Gasteiger charge is 2.55. The lowest BCUT2D eigenvalue weighted by molar-refractivity contribution is -0.337. The molecular formula is C85H113Cl2N11O32P2. The zero-order chi connectivity index (χ0) is 96.9. The zero-order valence-corrected chi connectivity index (χ0v) is 76.0. The number of phenolic OH excluding ortho intramolecular Hbond substituents is 3. The van der Waals surface area contributed by atoms with Gasteiger partial charge in [-0.1, -0.05) is 107 Å². The lowest BCUT2D eigenvalue weighted by atomic mass is 9.82. The van der Waals surface area contributed by atoms with Gasteiger partial charge in [-0.2, -0.15) is 0 Å². The molecule has 132 heavy (non-hydrogen) atoms. The van der Waals surface area contributed by atoms with Crippen molar-refractivity contribution in [2.75, 3.05) is 39.8 Å². The lowest BCUT2D eigenvalue weighted by Gasteiger charge is -2.52. The van der Waals surface area contributed by atoms with Crippen molar-refractivity contribution in [3.63, 3.8) is 0 Å². The topological polar surface area (TPSA) is 681 Å². The zero-order valence-electron chi connectivity index (χ0n) is 72.7. The third-order valence-corrected chi connectivity index (χ3v) is 28.0. The molecule has 43 nitrogen and oxygen atoms in total. The molecule has 12 rings (SSSR count). The molecule has 11 bridgehead atoms. The van der Waals surface area contributed by atoms with Crippen molar-refractivity contribution in [1.29, 1.82) is 0 Å². The number of halogens is 2. The Kier molecular flexibility index (Phi) is 35.9. The number of fused-ring (bicyclic) bond motifs is 15. The molecule has 2 fully saturated rings. The summed E-state index contributed by atoms with van der Waals surface area (Å²) < 4.78 is 64.7. The van der Waals surface area contributed by atoms with Gasteiger partial charge in [-0.05, 0) is 129 Å². The minimum Gasteiger partial charge on any atom is -0.507 e. The second-order valence-corrected chi connectivity index (χ2v) is 38.4. The molecule has 8 amide bonds. The number of rotatable bonds is 35. The van der Waals surface area contributed by atoms with Crippen LogP contribution in [0.1, 0.15) is 182 Å². The number of aliphatic hydroxyl groups excluding tert-OH is 6. The van der Waals surface area contributed by atoms with Gasteiger partial charge in [-0.25, -0.2) is 4.79 Å². The van der Waals surface area contributed by atoms with E-state index in [1.54, 1.807) is 13.8 Å². The van der Waals surface area contributed by atoms with Crippen LogP contribution in [0.3, 0.4) is 0 Å². The number of nitrogens with one attached hydrogen (secondary N) is 9. The molecule has 0 radical (unpaired) electrons. The first-order valence-electron chi connectivity index (χ1n) is 42.8. The Morgan fingerprint density at radius 2 is 1.30 bits per heavy atom. The Labute approximate surface area is 767 Å². The van der Waals surface area contributed by atoms with Gasteiger partial charge >= 0.3 is 21.2 Å². The molecule has 47 heteroatoms. The summed E-state index contributed by atoms with van der Waals surface area (Å²) >= 11 is 14.4. The van der Waals surface area contributed by atoms with E-state index in [2.05, 4.69) is 54.8 Å². The normalized spacial score (nSPS) is 25.6. The van der Waals surface area contributed by atoms with Crippen molar-refractivity contribution in [3.05, 3.63) is 116 Å². The molecule has 7 aliphatic heterocycles. The quantitative estimate of drug-likeness (QED) is 0.0157. The molecule has 0 aliphatic carbocycles. The maximum absolute atomic E-state index is 16.4. The average molecular weight is 1930 g/mol. The van der Waals surface area contributed by atoms with Crippen LogP contribution in [0.2, 0.25) is 10.0 Å². The lowest BCUT2D eigenvalue weighted by Crippen LogP contribution is -2.67. The molecule has 0 aromatic heterocycles. The number of carbonyl (C=O) groups is 10. The Morgan fingerprint density at radius 1 is 0.705 bits per heavy atom. The van der Waals surface area contributed by atoms with E-state index < -0.39 is 311 Å². The molecular weight excluding hydrogens is 1820 g/mol. The number of carboxylic acids is 1. The molecule has 18 atom stereocenters. The molecule has 5 aromatic rings. The van der Waals surface area contributed by atoms with E-state index >= 15 is 24.0 Å². The van der Waals surface area contributed by atoms with Crippen molar-refractivity contribution in [2.24, 2.45) is 11.7 Å². The third kappa shape index (κ3) is 25.0. The number of aliphatic hydroxyl groups is 6. The van der Waals surface area contributed by atoms with Crippen LogP contribution in [0, 0.1) is 5.92 Å². The number of ether oxygens (including phenoxy) is 6. The van der Waals surface area contributed by atoms with Crippen molar-refractivity contribution in [2.45, 2.75) is 239 Å². The second-order valence-electron chi connectivity index (χ2n) is 33.6. The number of benzene rings is 5. The van der Waals surface area contributed by atoms with Gasteiger partial charge in [0.15, 0.2) is 35.3 Å². The van der Waals surface area contributed by atoms with Gasteiger partial charge in [0.05, 0.1) is 52.9 Å². The van der Waals surface area contributed by atoms with Crippen LogP contribution in [-0.4, -0.2) is 259 Å². The number of likely N-dealkylation sites (N-methyl/N-ethyl adjacent to an activating group) is 1. The molecule has 14 unspecified atom stereocenters. The van der Waals surface area contributed by atoms with Crippen molar-refractivity contribution in [1.82, 2.24) is 52.8 Å². The molecule has 0 saturated carbocycles. The Bertz CT molecular complexity index is 5130. The summed E-state index contributed by atoms with van der Waals surface area (Å²) in [6.45, 7) is 6.58. The number of primary amides is 1. The first kappa shape index (κ1) is 104. The van der Waals surface area contributed by atoms with E-state index in [1.165, 1.54) is 20.9 Å². The summed E-state index contributed by atoms with van der Waals surface area (Å²) in [5.41, 5.74) is -0.0747. The van der Waals surface area contributed by atoms with Crippen LogP contribution in [0.4, 0.5) is 0 Å². The standard InChI is InChI=1S/C85H113Cl2N11O32P2/c1-7-8-9-10-11-12-13-14-23-90-24-26-98(60(104)21-22-62(131(119,120)121)132(122,123)124)85(5)36-61(125-40(4)76(85)110)129-75-73(109)72(108)58(38-100)128-84(75)130-74-56-32-44-33-57(74)127-55-20-17-43(31-49(55)87)70(106)68-82(116)95-66(83(117)118)46-34-53(102)47(37-91-25-27-99)71(107)63(46)45-29-41(15-18-52(45)101)64(79(113)97-68)94-80(114)65(44)93-78(112)51(35-59(88)103)92-81(115)67(96-77(111)50(89-6)28-39(2)3)69(105)42-16-19-54(126-56)48(86)30-42/h15-20,27,29-34,39-40,50-51,58,61-62,64-70,72-73,75-76,84,89-91,100-102,105-110H,7-14,21-26,28,35-38H2,1-6H3,(H2,88,103)(H,92,115)(H,93,112)(H,94,114)(H,95,116)(H,96,111)(H,97,113)(H,117,118)(H2,119,120,121)(H2,122,123,124)/t40?,50?,51?,58?,61?,64?,65?,66-,67?,68?,69+,70-,72?,73?,75?,76?,84?,85-/m1/s1. The van der Waals surface area contributed by atoms with Crippen LogP contribution in [0.15, 0.2) is 72.8 Å². The number of amides is 8. The number of nitrogens with zero attached hydrogens (tertiary/aromatic N) is 1. The van der Waals surface area contributed by atoms with E-state index in [0.717, 1.165) is 123 Å². The van der Waals surface area contributed by atoms with E-state index in [-0.39, 0.29) is 43.1 Å². The number of nitrogens with two attached hydrogens (primary N) is 1. The summed E-state index contributed by atoms with van der Waals surface area (Å²) in [6, 6.07) is -2.98. The fourth-order valence-corrected chi connectivity index (χ4v) is 19.5. The molecule has 7 aliphatic rings. The highest BCUT2D eigenvalue weighted by atomic mass is 35.5. The molecule has 2 saturated heterocycles. The van der Waals surface area contributed by atoms with Gasteiger partial charge in [0, 0.05) is 49.2 Å². The van der Waals surface area contributed by atoms with E-state index in [9.17, 15) is 104 Å². The van der Waals surface area contributed by atoms with Gasteiger partial charge in [-0.3, -0.25) is 47.5 Å². The molecule has 724 valence electrons. The van der Waals surface area contributed by atoms with Crippen molar-refractivity contribution >= 4 is 97.9 Å². The second kappa shape index (κ2) is 45.5. The number of hydrogen-bond acceptors (Lipinski definition) is 30. The molecule has 5 aromatic carbocycles. The first-order valence-corrected chi connectivity index (χ1v) is 46.9. The first-order chi connectivity index (χ1) is 62.3. The van der Waals surface area contributed by atoms with Crippen LogP contribution in [0.5, 0.6) is 46.0 Å². The highest BCUT2D eigenvalue weighted by Crippen LogP contribution is 2.62. The third-order valence-electron chi connectivity index (χ3n) is 23.5. The fraction of sp³-hybridized carbons (Fsp3) is 0.529. The fourth-order valence-electron chi connectivity index (χ4n) is 16.5. The number of carbonyl (C=O) groups excluding carboxylic acids is 9. The summed E-state index contributed by atoms with van der Waals surface area (Å²) in [5, 5.41) is 139. The number of carboxylic acid groups (broad SMARTS) is 1. The van der Waals surface area contributed by atoms with E-state index in [0.29, 0.717) is 19.3 Å². The van der Waals surface area contributed by atoms with Crippen molar-refractivity contribution in [3.8, 4) is 57.1 Å². The number of aromatic hydroxyl groups is 3. The van der Waals surface area contributed by atoms with Crippen LogP contribution >= 0.6 is 38.4 Å². The maximum atomic E-state index is 16.4. The Morgan fingerprint density at radius 3 is 1.89 bits per heavy atom. The number of phenols is 3. The van der Waals surface area contributed by atoms with Gasteiger partial charge in [0.1, 0.15) is 102 Å². The number of aldehydes is 1.